The largest absolute Gasteiger partial charge is 0.478 e. The van der Waals surface area contributed by atoms with Crippen molar-refractivity contribution >= 4 is 29.2 Å². The second kappa shape index (κ2) is 5.93. The molecule has 0 unspecified atom stereocenters. The molecule has 2 aromatic rings. The number of halogens is 2. The second-order valence-corrected chi connectivity index (χ2v) is 4.80. The van der Waals surface area contributed by atoms with E-state index in [9.17, 15) is 14.0 Å². The summed E-state index contributed by atoms with van der Waals surface area (Å²) in [4.78, 5) is 23.0. The van der Waals surface area contributed by atoms with Crippen LogP contribution in [0.15, 0.2) is 36.4 Å². The third kappa shape index (κ3) is 3.20. The van der Waals surface area contributed by atoms with Gasteiger partial charge >= 0.3 is 5.97 Å². The Balaban J connectivity index is 2.33. The molecule has 0 aliphatic carbocycles. The number of benzene rings is 2. The molecule has 108 valence electrons. The molecule has 2 aromatic carbocycles. The molecule has 2 rings (SSSR count). The summed E-state index contributed by atoms with van der Waals surface area (Å²) in [6.07, 6.45) is 0. The van der Waals surface area contributed by atoms with Crippen LogP contribution in [0.5, 0.6) is 0 Å². The summed E-state index contributed by atoms with van der Waals surface area (Å²) in [6, 6.07) is 8.33. The number of amides is 1. The van der Waals surface area contributed by atoms with Crippen molar-refractivity contribution in [3.05, 3.63) is 63.9 Å². The quantitative estimate of drug-likeness (QED) is 0.907. The highest BCUT2D eigenvalue weighted by Crippen LogP contribution is 2.24. The van der Waals surface area contributed by atoms with Crippen molar-refractivity contribution in [2.45, 2.75) is 6.92 Å². The van der Waals surface area contributed by atoms with E-state index in [1.807, 2.05) is 0 Å². The Morgan fingerprint density at radius 1 is 1.24 bits per heavy atom. The van der Waals surface area contributed by atoms with Gasteiger partial charge in [0.1, 0.15) is 5.82 Å². The number of nitrogens with one attached hydrogen (secondary N) is 1. The van der Waals surface area contributed by atoms with E-state index in [1.54, 1.807) is 19.1 Å². The number of carbonyl (C=O) groups is 2. The lowest BCUT2D eigenvalue weighted by molar-refractivity contribution is 0.0696. The SMILES string of the molecule is Cc1cccc(C(=O)Nc2cc(C(=O)O)ccc2Cl)c1F. The van der Waals surface area contributed by atoms with E-state index in [1.165, 1.54) is 24.3 Å². The number of hydrogen-bond acceptors (Lipinski definition) is 2. The molecule has 0 fully saturated rings. The van der Waals surface area contributed by atoms with Crippen molar-refractivity contribution in [2.75, 3.05) is 5.32 Å². The van der Waals surface area contributed by atoms with Crippen LogP contribution in [-0.2, 0) is 0 Å². The Labute approximate surface area is 125 Å². The van der Waals surface area contributed by atoms with E-state index in [4.69, 9.17) is 16.7 Å². The summed E-state index contributed by atoms with van der Waals surface area (Å²) in [5, 5.41) is 11.5. The zero-order chi connectivity index (χ0) is 15.6. The van der Waals surface area contributed by atoms with Gasteiger partial charge in [0.2, 0.25) is 0 Å². The van der Waals surface area contributed by atoms with Crippen molar-refractivity contribution in [1.29, 1.82) is 0 Å². The maximum atomic E-state index is 13.9. The maximum absolute atomic E-state index is 13.9. The van der Waals surface area contributed by atoms with Crippen molar-refractivity contribution in [3.8, 4) is 0 Å². The first kappa shape index (κ1) is 15.0. The molecule has 0 spiro atoms. The van der Waals surface area contributed by atoms with Crippen LogP contribution in [-0.4, -0.2) is 17.0 Å². The van der Waals surface area contributed by atoms with Crippen LogP contribution in [0.2, 0.25) is 5.02 Å². The first-order valence-corrected chi connectivity index (χ1v) is 6.37. The van der Waals surface area contributed by atoms with Gasteiger partial charge in [-0.15, -0.1) is 0 Å². The first-order chi connectivity index (χ1) is 9.90. The lowest BCUT2D eigenvalue weighted by atomic mass is 10.1. The summed E-state index contributed by atoms with van der Waals surface area (Å²) in [5.41, 5.74) is 0.293. The van der Waals surface area contributed by atoms with Gasteiger partial charge in [0.15, 0.2) is 0 Å². The molecule has 0 aromatic heterocycles. The molecule has 2 N–H and O–H groups in total. The molecule has 0 saturated carbocycles. The fraction of sp³-hybridized carbons (Fsp3) is 0.0667. The Bertz CT molecular complexity index is 731. The fourth-order valence-corrected chi connectivity index (χ4v) is 1.93. The molecule has 6 heteroatoms. The molecule has 0 saturated heterocycles. The highest BCUT2D eigenvalue weighted by molar-refractivity contribution is 6.34. The van der Waals surface area contributed by atoms with Gasteiger partial charge in [0.05, 0.1) is 21.8 Å². The molecule has 0 aliphatic rings. The number of hydrogen-bond donors (Lipinski definition) is 2. The predicted molar refractivity (Wildman–Crippen MR) is 77.5 cm³/mol. The number of rotatable bonds is 3. The van der Waals surface area contributed by atoms with Crippen LogP contribution in [0.4, 0.5) is 10.1 Å². The van der Waals surface area contributed by atoms with E-state index < -0.39 is 17.7 Å². The monoisotopic (exact) mass is 307 g/mol. The topological polar surface area (TPSA) is 66.4 Å². The van der Waals surface area contributed by atoms with Crippen LogP contribution in [0, 0.1) is 12.7 Å². The smallest absolute Gasteiger partial charge is 0.335 e. The van der Waals surface area contributed by atoms with Gasteiger partial charge in [0, 0.05) is 0 Å². The number of carboxylic acids is 1. The van der Waals surface area contributed by atoms with Crippen LogP contribution >= 0.6 is 11.6 Å². The molecule has 21 heavy (non-hydrogen) atoms. The summed E-state index contributed by atoms with van der Waals surface area (Å²) < 4.78 is 13.9. The van der Waals surface area contributed by atoms with Gasteiger partial charge < -0.3 is 10.4 Å². The zero-order valence-corrected chi connectivity index (χ0v) is 11.7. The molecule has 0 atom stereocenters. The Morgan fingerprint density at radius 2 is 1.95 bits per heavy atom. The molecular formula is C15H11ClFNO3. The number of carbonyl (C=O) groups excluding carboxylic acids is 1. The maximum Gasteiger partial charge on any atom is 0.335 e. The molecule has 0 heterocycles. The standard InChI is InChI=1S/C15H11ClFNO3/c1-8-3-2-4-10(13(8)17)14(19)18-12-7-9(15(20)21)5-6-11(12)16/h2-7H,1H3,(H,18,19)(H,20,21). The molecule has 0 radical (unpaired) electrons. The van der Waals surface area contributed by atoms with Crippen molar-refractivity contribution in [1.82, 2.24) is 0 Å². The highest BCUT2D eigenvalue weighted by Gasteiger charge is 2.15. The van der Waals surface area contributed by atoms with Gasteiger partial charge in [-0.05, 0) is 36.8 Å². The number of anilines is 1. The van der Waals surface area contributed by atoms with Crippen LogP contribution in [0.1, 0.15) is 26.3 Å². The third-order valence-corrected chi connectivity index (χ3v) is 3.23. The summed E-state index contributed by atoms with van der Waals surface area (Å²) in [7, 11) is 0. The Kier molecular flexibility index (Phi) is 4.23. The predicted octanol–water partition coefficient (Wildman–Crippen LogP) is 3.74. The number of aryl methyl sites for hydroxylation is 1. The normalized spacial score (nSPS) is 10.2. The van der Waals surface area contributed by atoms with E-state index in [0.29, 0.717) is 5.56 Å². The van der Waals surface area contributed by atoms with Crippen LogP contribution in [0.3, 0.4) is 0 Å². The van der Waals surface area contributed by atoms with E-state index in [-0.39, 0.29) is 21.8 Å². The van der Waals surface area contributed by atoms with Gasteiger partial charge in [-0.25, -0.2) is 9.18 Å². The molecular weight excluding hydrogens is 297 g/mol. The summed E-state index contributed by atoms with van der Waals surface area (Å²) in [6.45, 7) is 1.55. The van der Waals surface area contributed by atoms with Crippen molar-refractivity contribution in [2.24, 2.45) is 0 Å². The molecule has 0 aliphatic heterocycles. The van der Waals surface area contributed by atoms with E-state index in [2.05, 4.69) is 5.32 Å². The van der Waals surface area contributed by atoms with Gasteiger partial charge in [0.25, 0.3) is 5.91 Å². The minimum absolute atomic E-state index is 0.0283. The minimum atomic E-state index is -1.15. The number of aromatic carboxylic acids is 1. The summed E-state index contributed by atoms with van der Waals surface area (Å²) in [5.74, 6) is -2.47. The Hall–Kier alpha value is -2.40. The van der Waals surface area contributed by atoms with Crippen molar-refractivity contribution < 1.29 is 19.1 Å². The van der Waals surface area contributed by atoms with Gasteiger partial charge in [-0.1, -0.05) is 23.7 Å². The van der Waals surface area contributed by atoms with Crippen molar-refractivity contribution in [3.63, 3.8) is 0 Å². The van der Waals surface area contributed by atoms with E-state index in [0.717, 1.165) is 0 Å². The second-order valence-electron chi connectivity index (χ2n) is 4.39. The number of carboxylic acid groups (broad SMARTS) is 1. The zero-order valence-electron chi connectivity index (χ0n) is 11.0. The third-order valence-electron chi connectivity index (χ3n) is 2.90. The van der Waals surface area contributed by atoms with E-state index >= 15 is 0 Å². The summed E-state index contributed by atoms with van der Waals surface area (Å²) >= 11 is 5.90. The lowest BCUT2D eigenvalue weighted by Gasteiger charge is -2.09. The molecule has 1 amide bonds. The molecule has 0 bridgehead atoms. The van der Waals surface area contributed by atoms with Crippen LogP contribution in [0.25, 0.3) is 0 Å². The minimum Gasteiger partial charge on any atom is -0.478 e. The van der Waals surface area contributed by atoms with Crippen LogP contribution < -0.4 is 5.32 Å². The molecule has 4 nitrogen and oxygen atoms in total. The van der Waals surface area contributed by atoms with Gasteiger partial charge in [-0.3, -0.25) is 4.79 Å². The fourth-order valence-electron chi connectivity index (χ4n) is 1.77. The average molecular weight is 308 g/mol. The first-order valence-electron chi connectivity index (χ1n) is 5.99. The van der Waals surface area contributed by atoms with Gasteiger partial charge in [-0.2, -0.15) is 0 Å². The highest BCUT2D eigenvalue weighted by atomic mass is 35.5. The Morgan fingerprint density at radius 3 is 2.62 bits per heavy atom. The average Bonchev–Trinajstić information content (AvgIpc) is 2.43. The lowest BCUT2D eigenvalue weighted by Crippen LogP contribution is -2.15.